The van der Waals surface area contributed by atoms with Crippen LogP contribution in [-0.2, 0) is 6.54 Å². The maximum absolute atomic E-state index is 5.53. The van der Waals surface area contributed by atoms with Gasteiger partial charge in [0, 0.05) is 35.8 Å². The molecule has 0 saturated heterocycles. The Hall–Kier alpha value is -1.81. The van der Waals surface area contributed by atoms with Crippen LogP contribution in [0, 0.1) is 0 Å². The highest BCUT2D eigenvalue weighted by Crippen LogP contribution is 2.39. The van der Waals surface area contributed by atoms with Gasteiger partial charge in [0.05, 0.1) is 21.3 Å². The van der Waals surface area contributed by atoms with E-state index in [9.17, 15) is 0 Å². The number of hydrogen-bond donors (Lipinski definition) is 2. The first-order chi connectivity index (χ1) is 13.6. The van der Waals surface area contributed by atoms with E-state index >= 15 is 0 Å². The fourth-order valence-corrected chi connectivity index (χ4v) is 3.66. The summed E-state index contributed by atoms with van der Waals surface area (Å²) < 4.78 is 16.3. The van der Waals surface area contributed by atoms with Gasteiger partial charge in [-0.15, -0.1) is 35.7 Å². The zero-order valence-corrected chi connectivity index (χ0v) is 20.7. The third kappa shape index (κ3) is 7.50. The molecule has 29 heavy (non-hydrogen) atoms. The van der Waals surface area contributed by atoms with Crippen LogP contribution in [0.4, 0.5) is 0 Å². The van der Waals surface area contributed by atoms with E-state index in [4.69, 9.17) is 14.2 Å². The highest BCUT2D eigenvalue weighted by molar-refractivity contribution is 14.0. The minimum absolute atomic E-state index is 0. The van der Waals surface area contributed by atoms with E-state index in [0.29, 0.717) is 29.0 Å². The van der Waals surface area contributed by atoms with Crippen LogP contribution in [0.15, 0.2) is 52.4 Å². The number of nitrogens with one attached hydrogen (secondary N) is 2. The summed E-state index contributed by atoms with van der Waals surface area (Å²) >= 11 is 1.83. The van der Waals surface area contributed by atoms with Gasteiger partial charge in [-0.25, -0.2) is 0 Å². The Balaban J connectivity index is 0.00000420. The van der Waals surface area contributed by atoms with Gasteiger partial charge in [-0.3, -0.25) is 4.99 Å². The number of ether oxygens (including phenoxy) is 3. The van der Waals surface area contributed by atoms with Crippen LogP contribution in [0.2, 0.25) is 0 Å². The van der Waals surface area contributed by atoms with Gasteiger partial charge >= 0.3 is 0 Å². The van der Waals surface area contributed by atoms with Crippen molar-refractivity contribution in [2.45, 2.75) is 23.6 Å². The number of thioether (sulfide) groups is 1. The van der Waals surface area contributed by atoms with E-state index < -0.39 is 0 Å². The molecule has 0 heterocycles. The molecule has 0 aliphatic carbocycles. The topological polar surface area (TPSA) is 64.1 Å². The number of rotatable bonds is 9. The van der Waals surface area contributed by atoms with Crippen LogP contribution in [0.25, 0.3) is 0 Å². The highest BCUT2D eigenvalue weighted by atomic mass is 127. The molecular formula is C21H30IN3O3S. The summed E-state index contributed by atoms with van der Waals surface area (Å²) in [6, 6.07) is 14.2. The smallest absolute Gasteiger partial charge is 0.203 e. The first kappa shape index (κ1) is 25.2. The van der Waals surface area contributed by atoms with Crippen LogP contribution in [0.3, 0.4) is 0 Å². The van der Waals surface area contributed by atoms with Crippen molar-refractivity contribution in [3.63, 3.8) is 0 Å². The average molecular weight is 531 g/mol. The van der Waals surface area contributed by atoms with E-state index in [0.717, 1.165) is 18.1 Å². The lowest BCUT2D eigenvalue weighted by Gasteiger charge is -2.18. The van der Waals surface area contributed by atoms with Crippen molar-refractivity contribution in [1.82, 2.24) is 10.6 Å². The second-order valence-electron chi connectivity index (χ2n) is 6.04. The first-order valence-electron chi connectivity index (χ1n) is 9.07. The number of aliphatic imine (C=N–C) groups is 1. The largest absolute Gasteiger partial charge is 0.493 e. The fraction of sp³-hybridized carbons (Fsp3) is 0.381. The Kier molecular flexibility index (Phi) is 11.7. The summed E-state index contributed by atoms with van der Waals surface area (Å²) in [5.74, 6) is 2.60. The van der Waals surface area contributed by atoms with Crippen LogP contribution in [0.1, 0.15) is 12.5 Å². The molecule has 2 aromatic rings. The van der Waals surface area contributed by atoms with Crippen LogP contribution < -0.4 is 24.8 Å². The van der Waals surface area contributed by atoms with Crippen molar-refractivity contribution in [3.8, 4) is 17.2 Å². The van der Waals surface area contributed by atoms with Gasteiger partial charge in [0.2, 0.25) is 5.75 Å². The molecule has 8 heteroatoms. The quantitative estimate of drug-likeness (QED) is 0.219. The van der Waals surface area contributed by atoms with Crippen LogP contribution in [0.5, 0.6) is 17.2 Å². The lowest BCUT2D eigenvalue weighted by molar-refractivity contribution is 0.322. The zero-order valence-electron chi connectivity index (χ0n) is 17.5. The molecule has 1 unspecified atom stereocenters. The van der Waals surface area contributed by atoms with E-state index in [1.807, 2.05) is 30.0 Å². The number of methoxy groups -OCH3 is 3. The number of halogens is 1. The predicted octanol–water partition coefficient (Wildman–Crippen LogP) is 4.18. The monoisotopic (exact) mass is 531 g/mol. The molecule has 160 valence electrons. The Bertz CT molecular complexity index is 775. The number of benzene rings is 2. The second kappa shape index (κ2) is 13.4. The zero-order chi connectivity index (χ0) is 20.4. The molecule has 0 spiro atoms. The van der Waals surface area contributed by atoms with E-state index in [1.165, 1.54) is 4.90 Å². The highest BCUT2D eigenvalue weighted by Gasteiger charge is 2.16. The summed E-state index contributed by atoms with van der Waals surface area (Å²) in [5.41, 5.74) is 0.954. The number of nitrogens with zero attached hydrogens (tertiary/aromatic N) is 1. The van der Waals surface area contributed by atoms with Crippen molar-refractivity contribution in [3.05, 3.63) is 48.0 Å². The molecule has 6 nitrogen and oxygen atoms in total. The van der Waals surface area contributed by atoms with Gasteiger partial charge < -0.3 is 24.8 Å². The molecule has 0 aliphatic rings. The van der Waals surface area contributed by atoms with Crippen molar-refractivity contribution in [1.29, 1.82) is 0 Å². The normalized spacial score (nSPS) is 11.8. The predicted molar refractivity (Wildman–Crippen MR) is 131 cm³/mol. The molecule has 0 aliphatic heterocycles. The Morgan fingerprint density at radius 2 is 1.66 bits per heavy atom. The van der Waals surface area contributed by atoms with Crippen molar-refractivity contribution in [2.24, 2.45) is 4.99 Å². The van der Waals surface area contributed by atoms with E-state index in [-0.39, 0.29) is 24.0 Å². The number of guanidine groups is 1. The van der Waals surface area contributed by atoms with Gasteiger partial charge in [0.25, 0.3) is 0 Å². The molecule has 2 N–H and O–H groups in total. The van der Waals surface area contributed by atoms with Gasteiger partial charge in [-0.1, -0.05) is 25.1 Å². The molecule has 0 radical (unpaired) electrons. The molecule has 0 aromatic heterocycles. The molecule has 0 amide bonds. The summed E-state index contributed by atoms with van der Waals surface area (Å²) in [4.78, 5) is 5.56. The van der Waals surface area contributed by atoms with Gasteiger partial charge in [0.15, 0.2) is 17.5 Å². The SMILES string of the molecule is CN=C(NCc1ccc(OC)c(OC)c1OC)NCC(C)Sc1ccccc1.I. The Morgan fingerprint density at radius 1 is 0.966 bits per heavy atom. The van der Waals surface area contributed by atoms with Crippen molar-refractivity contribution in [2.75, 3.05) is 34.9 Å². The average Bonchev–Trinajstić information content (AvgIpc) is 2.73. The summed E-state index contributed by atoms with van der Waals surface area (Å²) in [7, 11) is 6.59. The molecule has 0 bridgehead atoms. The summed E-state index contributed by atoms with van der Waals surface area (Å²) in [6.45, 7) is 3.53. The van der Waals surface area contributed by atoms with Crippen LogP contribution in [-0.4, -0.2) is 46.1 Å². The van der Waals surface area contributed by atoms with Crippen LogP contribution >= 0.6 is 35.7 Å². The van der Waals surface area contributed by atoms with Gasteiger partial charge in [-0.2, -0.15) is 0 Å². The lowest BCUT2D eigenvalue weighted by atomic mass is 10.1. The molecule has 0 saturated carbocycles. The third-order valence-electron chi connectivity index (χ3n) is 4.09. The maximum Gasteiger partial charge on any atom is 0.203 e. The summed E-state index contributed by atoms with van der Waals surface area (Å²) in [6.07, 6.45) is 0. The molecule has 2 rings (SSSR count). The maximum atomic E-state index is 5.53. The Morgan fingerprint density at radius 3 is 2.24 bits per heavy atom. The molecular weight excluding hydrogens is 501 g/mol. The van der Waals surface area contributed by atoms with Crippen molar-refractivity contribution >= 4 is 41.7 Å². The lowest BCUT2D eigenvalue weighted by Crippen LogP contribution is -2.39. The van der Waals surface area contributed by atoms with Gasteiger partial charge in [0.1, 0.15) is 0 Å². The third-order valence-corrected chi connectivity index (χ3v) is 5.21. The second-order valence-corrected chi connectivity index (χ2v) is 7.55. The summed E-state index contributed by atoms with van der Waals surface area (Å²) in [5, 5.41) is 7.09. The molecule has 2 aromatic carbocycles. The minimum Gasteiger partial charge on any atom is -0.493 e. The van der Waals surface area contributed by atoms with E-state index in [2.05, 4.69) is 46.8 Å². The van der Waals surface area contributed by atoms with E-state index in [1.54, 1.807) is 28.4 Å². The molecule has 1 atom stereocenters. The fourth-order valence-electron chi connectivity index (χ4n) is 2.72. The minimum atomic E-state index is 0. The molecule has 0 fully saturated rings. The number of hydrogen-bond acceptors (Lipinski definition) is 5. The van der Waals surface area contributed by atoms with Gasteiger partial charge in [-0.05, 0) is 24.3 Å². The Labute approximate surface area is 194 Å². The standard InChI is InChI=1S/C21H29N3O3S.HI/c1-15(28-17-9-7-6-8-10-17)13-23-21(22-2)24-14-16-11-12-18(25-3)20(27-5)19(16)26-4;/h6-12,15H,13-14H2,1-5H3,(H2,22,23,24);1H. The van der Waals surface area contributed by atoms with Crippen molar-refractivity contribution < 1.29 is 14.2 Å². The first-order valence-corrected chi connectivity index (χ1v) is 9.95.